The van der Waals surface area contributed by atoms with Gasteiger partial charge in [0.05, 0.1) is 5.56 Å². The average Bonchev–Trinajstić information content (AvgIpc) is 2.75. The highest BCUT2D eigenvalue weighted by atomic mass is 127. The Morgan fingerprint density at radius 3 is 2.37 bits per heavy atom. The molecular formula is C22H27F3IN3O. The van der Waals surface area contributed by atoms with Crippen LogP contribution in [-0.4, -0.2) is 32.8 Å². The van der Waals surface area contributed by atoms with Gasteiger partial charge in [-0.2, -0.15) is 13.2 Å². The van der Waals surface area contributed by atoms with Gasteiger partial charge in [-0.15, -0.1) is 24.0 Å². The van der Waals surface area contributed by atoms with Crippen LogP contribution in [0.15, 0.2) is 59.6 Å². The number of aliphatic imine (C=N–C) groups is 1. The zero-order valence-electron chi connectivity index (χ0n) is 16.8. The Bertz CT molecular complexity index is 822. The lowest BCUT2D eigenvalue weighted by molar-refractivity contribution is -0.137. The molecule has 2 N–H and O–H groups in total. The molecule has 0 aromatic heterocycles. The molecule has 3 rings (SSSR count). The first kappa shape index (κ1) is 24.5. The summed E-state index contributed by atoms with van der Waals surface area (Å²) in [6.45, 7) is 2.13. The zero-order valence-corrected chi connectivity index (χ0v) is 19.2. The maximum atomic E-state index is 13.2. The van der Waals surface area contributed by atoms with Crippen molar-refractivity contribution in [2.24, 2.45) is 4.99 Å². The van der Waals surface area contributed by atoms with Crippen molar-refractivity contribution in [1.29, 1.82) is 0 Å². The van der Waals surface area contributed by atoms with E-state index in [9.17, 15) is 13.2 Å². The van der Waals surface area contributed by atoms with Crippen LogP contribution in [-0.2, 0) is 22.9 Å². The van der Waals surface area contributed by atoms with Gasteiger partial charge in [-0.25, -0.2) is 0 Å². The summed E-state index contributed by atoms with van der Waals surface area (Å²) in [5, 5.41) is 6.57. The van der Waals surface area contributed by atoms with E-state index in [1.807, 2.05) is 30.3 Å². The van der Waals surface area contributed by atoms with Crippen LogP contribution in [0, 0.1) is 0 Å². The number of hydrogen-bond acceptors (Lipinski definition) is 2. The highest BCUT2D eigenvalue weighted by Crippen LogP contribution is 2.37. The van der Waals surface area contributed by atoms with Gasteiger partial charge in [-0.05, 0) is 30.0 Å². The molecule has 4 nitrogen and oxygen atoms in total. The highest BCUT2D eigenvalue weighted by Gasteiger charge is 2.37. The smallest absolute Gasteiger partial charge is 0.381 e. The quantitative estimate of drug-likeness (QED) is 0.332. The molecule has 0 amide bonds. The lowest BCUT2D eigenvalue weighted by atomic mass is 9.73. The molecule has 1 fully saturated rings. The molecule has 0 atom stereocenters. The Morgan fingerprint density at radius 2 is 1.73 bits per heavy atom. The van der Waals surface area contributed by atoms with Crippen molar-refractivity contribution in [2.45, 2.75) is 31.0 Å². The second kappa shape index (κ2) is 11.0. The maximum Gasteiger partial charge on any atom is 0.416 e. The van der Waals surface area contributed by atoms with Crippen LogP contribution >= 0.6 is 24.0 Å². The van der Waals surface area contributed by atoms with Crippen LogP contribution in [0.3, 0.4) is 0 Å². The summed E-state index contributed by atoms with van der Waals surface area (Å²) < 4.78 is 45.1. The van der Waals surface area contributed by atoms with Crippen LogP contribution in [0.2, 0.25) is 0 Å². The summed E-state index contributed by atoms with van der Waals surface area (Å²) in [5.74, 6) is 0.617. The number of nitrogens with zero attached hydrogens (tertiary/aromatic N) is 1. The van der Waals surface area contributed by atoms with Crippen molar-refractivity contribution < 1.29 is 17.9 Å². The summed E-state index contributed by atoms with van der Waals surface area (Å²) in [7, 11) is 1.68. The fourth-order valence-electron chi connectivity index (χ4n) is 3.61. The molecule has 0 unspecified atom stereocenters. The van der Waals surface area contributed by atoms with Gasteiger partial charge in [0.2, 0.25) is 0 Å². The van der Waals surface area contributed by atoms with Gasteiger partial charge in [0, 0.05) is 38.8 Å². The van der Waals surface area contributed by atoms with Gasteiger partial charge in [0.15, 0.2) is 5.96 Å². The third-order valence-electron chi connectivity index (χ3n) is 5.37. The Morgan fingerprint density at radius 1 is 1.03 bits per heavy atom. The summed E-state index contributed by atoms with van der Waals surface area (Å²) in [5.41, 5.74) is 0.743. The fraction of sp³-hybridized carbons (Fsp3) is 0.409. The van der Waals surface area contributed by atoms with Crippen LogP contribution in [0.4, 0.5) is 13.2 Å². The minimum atomic E-state index is -4.36. The summed E-state index contributed by atoms with van der Waals surface area (Å²) in [6.07, 6.45) is -3.06. The SMILES string of the molecule is CN=C(NCc1ccccc1)NCC1(c2cccc(C(F)(F)F)c2)CCOCC1.I. The molecule has 2 aromatic rings. The van der Waals surface area contributed by atoms with E-state index < -0.39 is 17.2 Å². The van der Waals surface area contributed by atoms with Crippen LogP contribution < -0.4 is 10.6 Å². The first-order valence-electron chi connectivity index (χ1n) is 9.67. The normalized spacial score (nSPS) is 16.5. The van der Waals surface area contributed by atoms with Crippen molar-refractivity contribution in [3.8, 4) is 0 Å². The number of halogens is 4. The fourth-order valence-corrected chi connectivity index (χ4v) is 3.61. The molecule has 0 spiro atoms. The van der Waals surface area contributed by atoms with Crippen LogP contribution in [0.1, 0.15) is 29.5 Å². The predicted octanol–water partition coefficient (Wildman–Crippen LogP) is 4.74. The molecule has 0 aliphatic carbocycles. The van der Waals surface area contributed by atoms with Crippen LogP contribution in [0.5, 0.6) is 0 Å². The molecule has 164 valence electrons. The zero-order chi connectivity index (χ0) is 20.7. The number of guanidine groups is 1. The third-order valence-corrected chi connectivity index (χ3v) is 5.37. The molecular weight excluding hydrogens is 506 g/mol. The maximum absolute atomic E-state index is 13.2. The molecule has 0 radical (unpaired) electrons. The lowest BCUT2D eigenvalue weighted by Gasteiger charge is -2.38. The number of hydrogen-bond donors (Lipinski definition) is 2. The van der Waals surface area contributed by atoms with Crippen molar-refractivity contribution in [1.82, 2.24) is 10.6 Å². The monoisotopic (exact) mass is 533 g/mol. The second-order valence-corrected chi connectivity index (χ2v) is 7.24. The van der Waals surface area contributed by atoms with Gasteiger partial charge in [0.1, 0.15) is 0 Å². The minimum Gasteiger partial charge on any atom is -0.381 e. The van der Waals surface area contributed by atoms with Crippen molar-refractivity contribution in [3.63, 3.8) is 0 Å². The van der Waals surface area contributed by atoms with Gasteiger partial charge in [0.25, 0.3) is 0 Å². The van der Waals surface area contributed by atoms with E-state index in [0.29, 0.717) is 50.7 Å². The van der Waals surface area contributed by atoms with E-state index in [2.05, 4.69) is 15.6 Å². The Hall–Kier alpha value is -1.81. The third kappa shape index (κ3) is 6.34. The minimum absolute atomic E-state index is 0. The average molecular weight is 533 g/mol. The number of rotatable bonds is 5. The second-order valence-electron chi connectivity index (χ2n) is 7.24. The molecule has 1 aliphatic heterocycles. The summed E-state index contributed by atoms with van der Waals surface area (Å²) in [6, 6.07) is 15.6. The Balaban J connectivity index is 0.00000320. The van der Waals surface area contributed by atoms with Gasteiger partial charge in [-0.1, -0.05) is 48.5 Å². The molecule has 8 heteroatoms. The van der Waals surface area contributed by atoms with E-state index in [1.165, 1.54) is 12.1 Å². The largest absolute Gasteiger partial charge is 0.416 e. The number of alkyl halides is 3. The highest BCUT2D eigenvalue weighted by molar-refractivity contribution is 14.0. The van der Waals surface area contributed by atoms with Gasteiger partial charge >= 0.3 is 6.18 Å². The van der Waals surface area contributed by atoms with E-state index in [1.54, 1.807) is 13.1 Å². The summed E-state index contributed by atoms with van der Waals surface area (Å²) >= 11 is 0. The lowest BCUT2D eigenvalue weighted by Crippen LogP contribution is -2.48. The van der Waals surface area contributed by atoms with Gasteiger partial charge < -0.3 is 15.4 Å². The van der Waals surface area contributed by atoms with Crippen LogP contribution in [0.25, 0.3) is 0 Å². The standard InChI is InChI=1S/C22H26F3N3O.HI/c1-26-20(27-15-17-6-3-2-4-7-17)28-16-21(10-12-29-13-11-21)18-8-5-9-19(14-18)22(23,24)25;/h2-9,14H,10-13,15-16H2,1H3,(H2,26,27,28);1H. The van der Waals surface area contributed by atoms with E-state index >= 15 is 0 Å². The first-order chi connectivity index (χ1) is 13.9. The van der Waals surface area contributed by atoms with Crippen molar-refractivity contribution >= 4 is 29.9 Å². The molecule has 0 bridgehead atoms. The predicted molar refractivity (Wildman–Crippen MR) is 123 cm³/mol. The first-order valence-corrected chi connectivity index (χ1v) is 9.67. The topological polar surface area (TPSA) is 45.7 Å². The molecule has 1 heterocycles. The molecule has 1 aliphatic rings. The number of ether oxygens (including phenoxy) is 1. The molecule has 2 aromatic carbocycles. The molecule has 1 saturated heterocycles. The Labute approximate surface area is 192 Å². The van der Waals surface area contributed by atoms with Crippen molar-refractivity contribution in [2.75, 3.05) is 26.8 Å². The Kier molecular flexibility index (Phi) is 8.96. The van der Waals surface area contributed by atoms with E-state index in [0.717, 1.165) is 11.6 Å². The number of nitrogens with one attached hydrogen (secondary N) is 2. The molecule has 0 saturated carbocycles. The summed E-state index contributed by atoms with van der Waals surface area (Å²) in [4.78, 5) is 4.25. The molecule has 30 heavy (non-hydrogen) atoms. The number of benzene rings is 2. The van der Waals surface area contributed by atoms with Gasteiger partial charge in [-0.3, -0.25) is 4.99 Å². The van der Waals surface area contributed by atoms with E-state index in [4.69, 9.17) is 4.74 Å². The van der Waals surface area contributed by atoms with Crippen molar-refractivity contribution in [3.05, 3.63) is 71.3 Å². The van der Waals surface area contributed by atoms with E-state index in [-0.39, 0.29) is 24.0 Å².